The summed E-state index contributed by atoms with van der Waals surface area (Å²) in [5.41, 5.74) is 1.81. The van der Waals surface area contributed by atoms with Gasteiger partial charge in [-0.1, -0.05) is 0 Å². The van der Waals surface area contributed by atoms with Gasteiger partial charge in [0.1, 0.15) is 4.60 Å². The summed E-state index contributed by atoms with van der Waals surface area (Å²) in [7, 11) is 0. The summed E-state index contributed by atoms with van der Waals surface area (Å²) in [6.45, 7) is 4.29. The summed E-state index contributed by atoms with van der Waals surface area (Å²) < 4.78 is 2.73. The standard InChI is InChI=1S/C14H18BrN5O/c1-10(14(21)19-4-2-3-5-19)16-6-11-7-18-13-8-17-12(15)9-20(11)13/h7-10,16H,2-6H2,1H3. The minimum Gasteiger partial charge on any atom is -0.341 e. The van der Waals surface area contributed by atoms with Crippen LogP contribution in [0.1, 0.15) is 25.5 Å². The van der Waals surface area contributed by atoms with E-state index in [1.165, 1.54) is 0 Å². The first-order valence-corrected chi connectivity index (χ1v) is 7.94. The molecule has 3 heterocycles. The van der Waals surface area contributed by atoms with Crippen LogP contribution in [0.3, 0.4) is 0 Å². The Kier molecular flexibility index (Phi) is 4.21. The molecule has 1 amide bonds. The molecule has 0 radical (unpaired) electrons. The molecule has 1 saturated heterocycles. The average Bonchev–Trinajstić information content (AvgIpc) is 3.13. The van der Waals surface area contributed by atoms with E-state index in [9.17, 15) is 4.79 Å². The van der Waals surface area contributed by atoms with Crippen LogP contribution in [0.15, 0.2) is 23.2 Å². The van der Waals surface area contributed by atoms with E-state index in [0.717, 1.165) is 41.9 Å². The molecule has 2 aromatic heterocycles. The molecule has 1 unspecified atom stereocenters. The maximum absolute atomic E-state index is 12.2. The zero-order valence-electron chi connectivity index (χ0n) is 11.9. The second-order valence-electron chi connectivity index (χ2n) is 5.32. The third kappa shape index (κ3) is 3.08. The lowest BCUT2D eigenvalue weighted by molar-refractivity contribution is -0.131. The van der Waals surface area contributed by atoms with Crippen molar-refractivity contribution in [1.82, 2.24) is 24.6 Å². The molecule has 6 nitrogen and oxygen atoms in total. The number of hydrogen-bond donors (Lipinski definition) is 1. The number of hydrogen-bond acceptors (Lipinski definition) is 4. The van der Waals surface area contributed by atoms with E-state index in [0.29, 0.717) is 6.54 Å². The maximum Gasteiger partial charge on any atom is 0.239 e. The van der Waals surface area contributed by atoms with E-state index in [1.807, 2.05) is 28.6 Å². The number of fused-ring (bicyclic) bond motifs is 1. The second-order valence-corrected chi connectivity index (χ2v) is 6.14. The van der Waals surface area contributed by atoms with E-state index in [1.54, 1.807) is 6.20 Å². The summed E-state index contributed by atoms with van der Waals surface area (Å²) in [5, 5.41) is 3.29. The lowest BCUT2D eigenvalue weighted by atomic mass is 10.3. The molecular weight excluding hydrogens is 334 g/mol. The molecule has 1 aliphatic rings. The average molecular weight is 352 g/mol. The summed E-state index contributed by atoms with van der Waals surface area (Å²) in [5.74, 6) is 0.184. The summed E-state index contributed by atoms with van der Waals surface area (Å²) >= 11 is 3.36. The predicted octanol–water partition coefficient (Wildman–Crippen LogP) is 1.59. The fourth-order valence-electron chi connectivity index (χ4n) is 2.60. The van der Waals surface area contributed by atoms with Gasteiger partial charge in [0, 0.05) is 25.8 Å². The molecular formula is C14H18BrN5O. The molecule has 0 aliphatic carbocycles. The van der Waals surface area contributed by atoms with Gasteiger partial charge in [-0.2, -0.15) is 0 Å². The minimum atomic E-state index is -0.182. The Morgan fingerprint density at radius 2 is 2.14 bits per heavy atom. The number of nitrogens with zero attached hydrogens (tertiary/aromatic N) is 4. The molecule has 21 heavy (non-hydrogen) atoms. The molecule has 0 bridgehead atoms. The molecule has 2 aromatic rings. The third-order valence-corrected chi connectivity index (χ3v) is 4.23. The number of aromatic nitrogens is 3. The van der Waals surface area contributed by atoms with Gasteiger partial charge in [0.15, 0.2) is 5.65 Å². The van der Waals surface area contributed by atoms with Crippen LogP contribution < -0.4 is 5.32 Å². The highest BCUT2D eigenvalue weighted by molar-refractivity contribution is 9.10. The Morgan fingerprint density at radius 3 is 2.90 bits per heavy atom. The lowest BCUT2D eigenvalue weighted by Crippen LogP contribution is -2.43. The van der Waals surface area contributed by atoms with Crippen LogP contribution in [0, 0.1) is 0 Å². The topological polar surface area (TPSA) is 62.5 Å². The molecule has 1 atom stereocenters. The highest BCUT2D eigenvalue weighted by Crippen LogP contribution is 2.12. The maximum atomic E-state index is 12.2. The van der Waals surface area contributed by atoms with Gasteiger partial charge in [-0.25, -0.2) is 9.97 Å². The fourth-order valence-corrected chi connectivity index (χ4v) is 2.91. The highest BCUT2D eigenvalue weighted by atomic mass is 79.9. The number of likely N-dealkylation sites (tertiary alicyclic amines) is 1. The minimum absolute atomic E-state index is 0.182. The van der Waals surface area contributed by atoms with Crippen molar-refractivity contribution in [1.29, 1.82) is 0 Å². The van der Waals surface area contributed by atoms with E-state index in [2.05, 4.69) is 31.2 Å². The first-order chi connectivity index (χ1) is 10.1. The van der Waals surface area contributed by atoms with Crippen molar-refractivity contribution >= 4 is 27.5 Å². The van der Waals surface area contributed by atoms with Crippen molar-refractivity contribution in [2.75, 3.05) is 13.1 Å². The SMILES string of the molecule is CC(NCc1cnc2cnc(Br)cn12)C(=O)N1CCCC1. The molecule has 112 valence electrons. The monoisotopic (exact) mass is 351 g/mol. The Morgan fingerprint density at radius 1 is 1.38 bits per heavy atom. The van der Waals surface area contributed by atoms with Crippen molar-refractivity contribution in [2.45, 2.75) is 32.4 Å². The van der Waals surface area contributed by atoms with Crippen LogP contribution in [0.2, 0.25) is 0 Å². The molecule has 1 aliphatic heterocycles. The Hall–Kier alpha value is -1.47. The smallest absolute Gasteiger partial charge is 0.239 e. The zero-order chi connectivity index (χ0) is 14.8. The highest BCUT2D eigenvalue weighted by Gasteiger charge is 2.22. The lowest BCUT2D eigenvalue weighted by Gasteiger charge is -2.21. The van der Waals surface area contributed by atoms with Gasteiger partial charge in [0.05, 0.1) is 24.1 Å². The summed E-state index contributed by atoms with van der Waals surface area (Å²) in [4.78, 5) is 22.6. The first-order valence-electron chi connectivity index (χ1n) is 7.15. The number of nitrogens with one attached hydrogen (secondary N) is 1. The van der Waals surface area contributed by atoms with Crippen LogP contribution in [0.4, 0.5) is 0 Å². The van der Waals surface area contributed by atoms with Crippen molar-refractivity contribution in [2.24, 2.45) is 0 Å². The van der Waals surface area contributed by atoms with E-state index in [4.69, 9.17) is 0 Å². The van der Waals surface area contributed by atoms with Gasteiger partial charge >= 0.3 is 0 Å². The van der Waals surface area contributed by atoms with Gasteiger partial charge in [0.2, 0.25) is 5.91 Å². The number of amides is 1. The van der Waals surface area contributed by atoms with E-state index >= 15 is 0 Å². The van der Waals surface area contributed by atoms with Crippen LogP contribution in [-0.2, 0) is 11.3 Å². The molecule has 0 spiro atoms. The molecule has 1 fully saturated rings. The Bertz CT molecular complexity index is 650. The predicted molar refractivity (Wildman–Crippen MR) is 82.8 cm³/mol. The molecule has 1 N–H and O–H groups in total. The van der Waals surface area contributed by atoms with E-state index < -0.39 is 0 Å². The van der Waals surface area contributed by atoms with Gasteiger partial charge in [-0.15, -0.1) is 0 Å². The van der Waals surface area contributed by atoms with Crippen molar-refractivity contribution in [3.63, 3.8) is 0 Å². The molecule has 0 aromatic carbocycles. The number of imidazole rings is 1. The molecule has 0 saturated carbocycles. The van der Waals surface area contributed by atoms with Crippen LogP contribution in [0.25, 0.3) is 5.65 Å². The Labute approximate surface area is 131 Å². The van der Waals surface area contributed by atoms with Crippen LogP contribution in [0.5, 0.6) is 0 Å². The van der Waals surface area contributed by atoms with Crippen molar-refractivity contribution < 1.29 is 4.79 Å². The largest absolute Gasteiger partial charge is 0.341 e. The van der Waals surface area contributed by atoms with Gasteiger partial charge < -0.3 is 10.2 Å². The van der Waals surface area contributed by atoms with Crippen molar-refractivity contribution in [3.05, 3.63) is 28.9 Å². The van der Waals surface area contributed by atoms with Crippen LogP contribution in [-0.4, -0.2) is 44.3 Å². The van der Waals surface area contributed by atoms with Crippen molar-refractivity contribution in [3.8, 4) is 0 Å². The number of carbonyl (C=O) groups is 1. The third-order valence-electron chi connectivity index (χ3n) is 3.82. The van der Waals surface area contributed by atoms with E-state index in [-0.39, 0.29) is 11.9 Å². The van der Waals surface area contributed by atoms with Gasteiger partial charge in [-0.05, 0) is 35.7 Å². The zero-order valence-corrected chi connectivity index (χ0v) is 13.5. The molecule has 7 heteroatoms. The summed E-state index contributed by atoms with van der Waals surface area (Å²) in [6.07, 6.45) is 7.64. The first kappa shape index (κ1) is 14.5. The van der Waals surface area contributed by atoms with Gasteiger partial charge in [-0.3, -0.25) is 9.20 Å². The van der Waals surface area contributed by atoms with Gasteiger partial charge in [0.25, 0.3) is 0 Å². The fraction of sp³-hybridized carbons (Fsp3) is 0.500. The normalized spacial score (nSPS) is 16.6. The summed E-state index contributed by atoms with van der Waals surface area (Å²) in [6, 6.07) is -0.182. The quantitative estimate of drug-likeness (QED) is 0.908. The number of rotatable bonds is 4. The van der Waals surface area contributed by atoms with Crippen LogP contribution >= 0.6 is 15.9 Å². The number of halogens is 1. The second kappa shape index (κ2) is 6.11. The number of carbonyl (C=O) groups excluding carboxylic acids is 1. The molecule has 3 rings (SSSR count). The Balaban J connectivity index is 1.65.